The van der Waals surface area contributed by atoms with Gasteiger partial charge in [0.05, 0.1) is 44.0 Å². The molecule has 0 bridgehead atoms. The Hall–Kier alpha value is -3.78. The molecule has 7 nitrogen and oxygen atoms in total. The van der Waals surface area contributed by atoms with Crippen LogP contribution in [-0.2, 0) is 4.79 Å². The number of methoxy groups -OCH3 is 3. The number of nitrogens with one attached hydrogen (secondary N) is 1. The molecule has 1 heterocycles. The van der Waals surface area contributed by atoms with E-state index in [0.29, 0.717) is 28.4 Å². The van der Waals surface area contributed by atoms with Gasteiger partial charge in [0, 0.05) is 12.6 Å². The van der Waals surface area contributed by atoms with Gasteiger partial charge in [0.1, 0.15) is 11.6 Å². The summed E-state index contributed by atoms with van der Waals surface area (Å²) in [6.45, 7) is 0. The van der Waals surface area contributed by atoms with Gasteiger partial charge in [-0.15, -0.1) is 0 Å². The van der Waals surface area contributed by atoms with Crippen LogP contribution in [0, 0.1) is 5.82 Å². The number of benzene rings is 3. The standard InChI is InChI=1S/C26H24ClFN2O5/c1-30-24(14-5-8-16(33-2)9-6-14)23(25(31)29-20-10-7-15(28)11-19(20)27)17-12-21(34-3)22(35-4)13-18(17)26(30)32/h5-13,23-24H,1-4H3,(H,29,31)/t23-,24-/m0/s1. The predicted octanol–water partition coefficient (Wildman–Crippen LogP) is 5.05. The van der Waals surface area contributed by atoms with Crippen molar-refractivity contribution in [3.63, 3.8) is 0 Å². The number of fused-ring (bicyclic) bond motifs is 1. The van der Waals surface area contributed by atoms with Gasteiger partial charge in [0.2, 0.25) is 5.91 Å². The van der Waals surface area contributed by atoms with Gasteiger partial charge in [-0.05, 0) is 53.6 Å². The molecule has 0 fully saturated rings. The molecule has 4 rings (SSSR count). The lowest BCUT2D eigenvalue weighted by atomic mass is 9.79. The van der Waals surface area contributed by atoms with Crippen molar-refractivity contribution in [2.45, 2.75) is 12.0 Å². The van der Waals surface area contributed by atoms with E-state index >= 15 is 0 Å². The highest BCUT2D eigenvalue weighted by molar-refractivity contribution is 6.33. The molecule has 0 aliphatic carbocycles. The fourth-order valence-corrected chi connectivity index (χ4v) is 4.56. The van der Waals surface area contributed by atoms with E-state index in [0.717, 1.165) is 11.6 Å². The lowest BCUT2D eigenvalue weighted by Crippen LogP contribution is -2.44. The van der Waals surface area contributed by atoms with E-state index in [1.165, 1.54) is 31.3 Å². The van der Waals surface area contributed by atoms with Gasteiger partial charge >= 0.3 is 0 Å². The molecule has 9 heteroatoms. The van der Waals surface area contributed by atoms with Gasteiger partial charge in [-0.2, -0.15) is 0 Å². The number of anilines is 1. The van der Waals surface area contributed by atoms with Crippen molar-refractivity contribution >= 4 is 29.1 Å². The van der Waals surface area contributed by atoms with Crippen molar-refractivity contribution in [2.24, 2.45) is 0 Å². The first-order valence-electron chi connectivity index (χ1n) is 10.7. The first-order valence-corrected chi connectivity index (χ1v) is 11.1. The minimum absolute atomic E-state index is 0.0622. The number of halogens is 2. The Bertz CT molecular complexity index is 1280. The number of ether oxygens (including phenoxy) is 3. The van der Waals surface area contributed by atoms with Crippen LogP contribution in [-0.4, -0.2) is 45.1 Å². The smallest absolute Gasteiger partial charge is 0.254 e. The molecular formula is C26H24ClFN2O5. The van der Waals surface area contributed by atoms with Crippen molar-refractivity contribution in [3.8, 4) is 17.2 Å². The van der Waals surface area contributed by atoms with Gasteiger partial charge in [-0.1, -0.05) is 23.7 Å². The Morgan fingerprint density at radius 3 is 2.23 bits per heavy atom. The van der Waals surface area contributed by atoms with Crippen molar-refractivity contribution in [2.75, 3.05) is 33.7 Å². The Morgan fingerprint density at radius 2 is 1.63 bits per heavy atom. The summed E-state index contributed by atoms with van der Waals surface area (Å²) in [5.74, 6) is -0.662. The molecule has 2 amide bonds. The van der Waals surface area contributed by atoms with Gasteiger partial charge < -0.3 is 24.4 Å². The second-order valence-corrected chi connectivity index (χ2v) is 8.43. The quantitative estimate of drug-likeness (QED) is 0.514. The maximum atomic E-state index is 13.8. The number of hydrogen-bond acceptors (Lipinski definition) is 5. The Morgan fingerprint density at radius 1 is 0.971 bits per heavy atom. The summed E-state index contributed by atoms with van der Waals surface area (Å²) in [4.78, 5) is 28.7. The Kier molecular flexibility index (Phi) is 6.84. The van der Waals surface area contributed by atoms with Crippen LogP contribution in [0.2, 0.25) is 5.02 Å². The lowest BCUT2D eigenvalue weighted by Gasteiger charge is -2.40. The maximum Gasteiger partial charge on any atom is 0.254 e. The minimum atomic E-state index is -0.845. The number of hydrogen-bond donors (Lipinski definition) is 1. The van der Waals surface area contributed by atoms with Crippen LogP contribution in [0.4, 0.5) is 10.1 Å². The SMILES string of the molecule is COc1ccc([C@H]2[C@@H](C(=O)Nc3ccc(F)cc3Cl)c3cc(OC)c(OC)cc3C(=O)N2C)cc1. The normalized spacial score (nSPS) is 17.0. The molecule has 35 heavy (non-hydrogen) atoms. The molecule has 1 aliphatic heterocycles. The second-order valence-electron chi connectivity index (χ2n) is 8.02. The average Bonchev–Trinajstić information content (AvgIpc) is 2.86. The molecule has 0 spiro atoms. The molecule has 3 aromatic rings. The Labute approximate surface area is 207 Å². The van der Waals surface area contributed by atoms with Crippen molar-refractivity contribution in [1.29, 1.82) is 0 Å². The number of amides is 2. The molecule has 2 atom stereocenters. The zero-order chi connectivity index (χ0) is 25.3. The molecule has 0 radical (unpaired) electrons. The third-order valence-corrected chi connectivity index (χ3v) is 6.42. The largest absolute Gasteiger partial charge is 0.497 e. The zero-order valence-corrected chi connectivity index (χ0v) is 20.4. The van der Waals surface area contributed by atoms with Crippen LogP contribution < -0.4 is 19.5 Å². The molecule has 1 N–H and O–H groups in total. The van der Waals surface area contributed by atoms with Crippen LogP contribution in [0.15, 0.2) is 54.6 Å². The number of carbonyl (C=O) groups is 2. The van der Waals surface area contributed by atoms with E-state index in [4.69, 9.17) is 25.8 Å². The van der Waals surface area contributed by atoms with Crippen LogP contribution in [0.3, 0.4) is 0 Å². The number of likely N-dealkylation sites (N-methyl/N-ethyl adjacent to an activating group) is 1. The highest BCUT2D eigenvalue weighted by Gasteiger charge is 2.43. The van der Waals surface area contributed by atoms with E-state index < -0.39 is 23.7 Å². The average molecular weight is 499 g/mol. The van der Waals surface area contributed by atoms with Gasteiger partial charge in [-0.25, -0.2) is 4.39 Å². The van der Waals surface area contributed by atoms with Crippen molar-refractivity contribution < 1.29 is 28.2 Å². The van der Waals surface area contributed by atoms with Gasteiger partial charge in [-0.3, -0.25) is 9.59 Å². The Balaban J connectivity index is 1.87. The van der Waals surface area contributed by atoms with Crippen molar-refractivity contribution in [1.82, 2.24) is 4.90 Å². The summed E-state index contributed by atoms with van der Waals surface area (Å²) >= 11 is 6.17. The first-order chi connectivity index (χ1) is 16.8. The fraction of sp³-hybridized carbons (Fsp3) is 0.231. The topological polar surface area (TPSA) is 77.1 Å². The molecule has 1 aliphatic rings. The first kappa shape index (κ1) is 24.3. The maximum absolute atomic E-state index is 13.8. The lowest BCUT2D eigenvalue weighted by molar-refractivity contribution is -0.119. The predicted molar refractivity (Wildman–Crippen MR) is 130 cm³/mol. The van der Waals surface area contributed by atoms with E-state index in [9.17, 15) is 14.0 Å². The second kappa shape index (κ2) is 9.84. The molecule has 0 unspecified atom stereocenters. The summed E-state index contributed by atoms with van der Waals surface area (Å²) < 4.78 is 29.6. The molecule has 0 aromatic heterocycles. The summed E-state index contributed by atoms with van der Waals surface area (Å²) in [5.41, 5.74) is 1.78. The highest BCUT2D eigenvalue weighted by Crippen LogP contribution is 2.46. The molecule has 0 saturated heterocycles. The summed E-state index contributed by atoms with van der Waals surface area (Å²) in [6, 6.07) is 13.4. The van der Waals surface area contributed by atoms with E-state index in [-0.39, 0.29) is 16.6 Å². The molecular weight excluding hydrogens is 475 g/mol. The molecule has 182 valence electrons. The van der Waals surface area contributed by atoms with Crippen molar-refractivity contribution in [3.05, 3.63) is 82.1 Å². The minimum Gasteiger partial charge on any atom is -0.497 e. The third kappa shape index (κ3) is 4.49. The molecule has 3 aromatic carbocycles. The fourth-order valence-electron chi connectivity index (χ4n) is 4.35. The molecule has 0 saturated carbocycles. The van der Waals surface area contributed by atoms with E-state index in [2.05, 4.69) is 5.32 Å². The zero-order valence-electron chi connectivity index (χ0n) is 19.6. The van der Waals surface area contributed by atoms with Crippen LogP contribution >= 0.6 is 11.6 Å². The highest BCUT2D eigenvalue weighted by atomic mass is 35.5. The van der Waals surface area contributed by atoms with E-state index in [1.807, 2.05) is 12.1 Å². The van der Waals surface area contributed by atoms with Crippen LogP contribution in [0.5, 0.6) is 17.2 Å². The van der Waals surface area contributed by atoms with Crippen LogP contribution in [0.25, 0.3) is 0 Å². The third-order valence-electron chi connectivity index (χ3n) is 6.10. The van der Waals surface area contributed by atoms with Gasteiger partial charge in [0.25, 0.3) is 5.91 Å². The number of carbonyl (C=O) groups excluding carboxylic acids is 2. The summed E-state index contributed by atoms with van der Waals surface area (Å²) in [6.07, 6.45) is 0. The summed E-state index contributed by atoms with van der Waals surface area (Å²) in [5, 5.41) is 2.86. The van der Waals surface area contributed by atoms with E-state index in [1.54, 1.807) is 38.4 Å². The van der Waals surface area contributed by atoms with Gasteiger partial charge in [0.15, 0.2) is 11.5 Å². The monoisotopic (exact) mass is 498 g/mol. The summed E-state index contributed by atoms with van der Waals surface area (Å²) in [7, 11) is 6.16. The number of nitrogens with zero attached hydrogens (tertiary/aromatic N) is 1. The van der Waals surface area contributed by atoms with Crippen LogP contribution in [0.1, 0.15) is 33.4 Å². The number of rotatable bonds is 6.